The highest BCUT2D eigenvalue weighted by Gasteiger charge is 2.28. The molecule has 1 heterocycles. The normalized spacial score (nSPS) is 16.1. The van der Waals surface area contributed by atoms with Crippen LogP contribution in [0.5, 0.6) is 0 Å². The lowest BCUT2D eigenvalue weighted by Crippen LogP contribution is -2.35. The van der Waals surface area contributed by atoms with E-state index >= 15 is 0 Å². The van der Waals surface area contributed by atoms with Crippen molar-refractivity contribution in [3.05, 3.63) is 23.4 Å². The van der Waals surface area contributed by atoms with Crippen molar-refractivity contribution in [3.8, 4) is 0 Å². The lowest BCUT2D eigenvalue weighted by molar-refractivity contribution is 0.423. The van der Waals surface area contributed by atoms with Gasteiger partial charge in [0.25, 0.3) is 0 Å². The minimum Gasteiger partial charge on any atom is -0.357 e. The summed E-state index contributed by atoms with van der Waals surface area (Å²) in [6, 6.07) is 5.19. The Morgan fingerprint density at radius 3 is 2.24 bits per heavy atom. The van der Waals surface area contributed by atoms with Crippen LogP contribution in [0.3, 0.4) is 0 Å². The molecule has 1 fully saturated rings. The number of nitrogens with zero attached hydrogens (tertiary/aromatic N) is 2. The standard InChI is InChI=1S/C18H31N3/c1-17(2,3)15-10-13(12-19-18(4,5)6)11-16(20-15)21(7)14-8-9-14/h10-11,14,19H,8-9,12H2,1-7H3. The lowest BCUT2D eigenvalue weighted by atomic mass is 9.90. The van der Waals surface area contributed by atoms with Crippen LogP contribution in [-0.4, -0.2) is 23.6 Å². The second-order valence-electron chi connectivity index (χ2n) is 8.41. The minimum absolute atomic E-state index is 0.0802. The predicted molar refractivity (Wildman–Crippen MR) is 91.0 cm³/mol. The monoisotopic (exact) mass is 289 g/mol. The van der Waals surface area contributed by atoms with Gasteiger partial charge in [-0.05, 0) is 51.3 Å². The van der Waals surface area contributed by atoms with Crippen molar-refractivity contribution in [2.75, 3.05) is 11.9 Å². The summed E-state index contributed by atoms with van der Waals surface area (Å²) in [7, 11) is 2.17. The molecule has 0 radical (unpaired) electrons. The number of anilines is 1. The molecular weight excluding hydrogens is 258 g/mol. The Labute approximate surface area is 130 Å². The number of aromatic nitrogens is 1. The second kappa shape index (κ2) is 5.60. The van der Waals surface area contributed by atoms with Gasteiger partial charge in [0.1, 0.15) is 5.82 Å². The molecule has 3 nitrogen and oxygen atoms in total. The van der Waals surface area contributed by atoms with Crippen LogP contribution in [0.25, 0.3) is 0 Å². The van der Waals surface area contributed by atoms with Crippen molar-refractivity contribution in [2.24, 2.45) is 0 Å². The van der Waals surface area contributed by atoms with Crippen molar-refractivity contribution in [1.29, 1.82) is 0 Å². The molecule has 0 amide bonds. The van der Waals surface area contributed by atoms with Gasteiger partial charge < -0.3 is 10.2 Å². The first-order valence-corrected chi connectivity index (χ1v) is 8.05. The Balaban J connectivity index is 2.28. The summed E-state index contributed by atoms with van der Waals surface area (Å²) in [4.78, 5) is 7.25. The topological polar surface area (TPSA) is 28.2 Å². The van der Waals surface area contributed by atoms with Crippen LogP contribution in [0.1, 0.15) is 65.6 Å². The molecule has 1 aromatic rings. The van der Waals surface area contributed by atoms with Gasteiger partial charge >= 0.3 is 0 Å². The summed E-state index contributed by atoms with van der Waals surface area (Å²) in [5.74, 6) is 1.12. The molecule has 0 unspecified atom stereocenters. The van der Waals surface area contributed by atoms with Gasteiger partial charge in [-0.1, -0.05) is 20.8 Å². The summed E-state index contributed by atoms with van der Waals surface area (Å²) >= 11 is 0. The van der Waals surface area contributed by atoms with Crippen LogP contribution >= 0.6 is 0 Å². The number of hydrogen-bond acceptors (Lipinski definition) is 3. The first-order chi connectivity index (χ1) is 9.56. The zero-order valence-corrected chi connectivity index (χ0v) is 14.7. The summed E-state index contributed by atoms with van der Waals surface area (Å²) in [6.07, 6.45) is 2.60. The largest absolute Gasteiger partial charge is 0.357 e. The fourth-order valence-corrected chi connectivity index (χ4v) is 2.25. The molecule has 0 saturated heterocycles. The molecule has 118 valence electrons. The van der Waals surface area contributed by atoms with Gasteiger partial charge in [-0.25, -0.2) is 4.98 Å². The van der Waals surface area contributed by atoms with Gasteiger partial charge in [0.15, 0.2) is 0 Å². The highest BCUT2D eigenvalue weighted by molar-refractivity contribution is 5.45. The highest BCUT2D eigenvalue weighted by atomic mass is 15.2. The van der Waals surface area contributed by atoms with E-state index in [1.807, 2.05) is 0 Å². The van der Waals surface area contributed by atoms with Crippen LogP contribution < -0.4 is 10.2 Å². The van der Waals surface area contributed by atoms with Crippen molar-refractivity contribution in [1.82, 2.24) is 10.3 Å². The molecule has 1 N–H and O–H groups in total. The van der Waals surface area contributed by atoms with Crippen LogP contribution in [-0.2, 0) is 12.0 Å². The smallest absolute Gasteiger partial charge is 0.129 e. The fraction of sp³-hybridized carbons (Fsp3) is 0.722. The fourth-order valence-electron chi connectivity index (χ4n) is 2.25. The molecule has 2 rings (SSSR count). The van der Waals surface area contributed by atoms with Crippen molar-refractivity contribution >= 4 is 5.82 Å². The number of hydrogen-bond donors (Lipinski definition) is 1. The number of nitrogens with one attached hydrogen (secondary N) is 1. The summed E-state index contributed by atoms with van der Waals surface area (Å²) in [5.41, 5.74) is 2.72. The molecular formula is C18H31N3. The van der Waals surface area contributed by atoms with E-state index in [0.29, 0.717) is 6.04 Å². The van der Waals surface area contributed by atoms with Gasteiger partial charge in [-0.3, -0.25) is 0 Å². The summed E-state index contributed by atoms with van der Waals surface area (Å²) in [6.45, 7) is 14.2. The Morgan fingerprint density at radius 1 is 1.14 bits per heavy atom. The Hall–Kier alpha value is -1.09. The van der Waals surface area contributed by atoms with Crippen LogP contribution in [0.4, 0.5) is 5.82 Å². The number of rotatable bonds is 4. The molecule has 3 heteroatoms. The summed E-state index contributed by atoms with van der Waals surface area (Å²) in [5, 5.41) is 3.58. The van der Waals surface area contributed by atoms with Gasteiger partial charge in [0, 0.05) is 36.3 Å². The lowest BCUT2D eigenvalue weighted by Gasteiger charge is -2.26. The third kappa shape index (κ3) is 4.70. The first kappa shape index (κ1) is 16.3. The second-order valence-corrected chi connectivity index (χ2v) is 8.41. The predicted octanol–water partition coefficient (Wildman–Crippen LogP) is 3.87. The molecule has 0 aliphatic heterocycles. The quantitative estimate of drug-likeness (QED) is 0.912. The Bertz CT molecular complexity index is 490. The van der Waals surface area contributed by atoms with Crippen molar-refractivity contribution in [3.63, 3.8) is 0 Å². The zero-order chi connectivity index (χ0) is 15.8. The van der Waals surface area contributed by atoms with E-state index in [9.17, 15) is 0 Å². The van der Waals surface area contributed by atoms with Gasteiger partial charge in [-0.2, -0.15) is 0 Å². The number of pyridine rings is 1. The van der Waals surface area contributed by atoms with Crippen molar-refractivity contribution < 1.29 is 0 Å². The van der Waals surface area contributed by atoms with Gasteiger partial charge in [0.2, 0.25) is 0 Å². The Kier molecular flexibility index (Phi) is 4.34. The molecule has 1 saturated carbocycles. The molecule has 21 heavy (non-hydrogen) atoms. The van der Waals surface area contributed by atoms with Crippen molar-refractivity contribution in [2.45, 2.75) is 77.9 Å². The minimum atomic E-state index is 0.0802. The molecule has 0 atom stereocenters. The average molecular weight is 289 g/mol. The first-order valence-electron chi connectivity index (χ1n) is 8.05. The average Bonchev–Trinajstić information content (AvgIpc) is 3.17. The molecule has 1 aliphatic rings. The van der Waals surface area contributed by atoms with E-state index < -0.39 is 0 Å². The molecule has 1 aromatic heterocycles. The maximum absolute atomic E-state index is 4.91. The maximum Gasteiger partial charge on any atom is 0.129 e. The van der Waals surface area contributed by atoms with Gasteiger partial charge in [0.05, 0.1) is 0 Å². The van der Waals surface area contributed by atoms with E-state index in [4.69, 9.17) is 4.98 Å². The summed E-state index contributed by atoms with van der Waals surface area (Å²) < 4.78 is 0. The van der Waals surface area contributed by atoms with Crippen LogP contribution in [0.2, 0.25) is 0 Å². The van der Waals surface area contributed by atoms with Gasteiger partial charge in [-0.15, -0.1) is 0 Å². The SMILES string of the molecule is CN(c1cc(CNC(C)(C)C)cc(C(C)(C)C)n1)C1CC1. The third-order valence-electron chi connectivity index (χ3n) is 3.92. The van der Waals surface area contributed by atoms with E-state index in [0.717, 1.165) is 12.4 Å². The van der Waals surface area contributed by atoms with Crippen LogP contribution in [0.15, 0.2) is 12.1 Å². The van der Waals surface area contributed by atoms with Crippen LogP contribution in [0, 0.1) is 0 Å². The Morgan fingerprint density at radius 2 is 1.76 bits per heavy atom. The molecule has 0 bridgehead atoms. The molecule has 1 aliphatic carbocycles. The maximum atomic E-state index is 4.91. The van der Waals surface area contributed by atoms with E-state index in [-0.39, 0.29) is 11.0 Å². The zero-order valence-electron chi connectivity index (χ0n) is 14.7. The van der Waals surface area contributed by atoms with E-state index in [1.165, 1.54) is 24.1 Å². The molecule has 0 spiro atoms. The molecule has 0 aromatic carbocycles. The van der Waals surface area contributed by atoms with E-state index in [1.54, 1.807) is 0 Å². The third-order valence-corrected chi connectivity index (χ3v) is 3.92. The van der Waals surface area contributed by atoms with E-state index in [2.05, 4.69) is 70.9 Å². The highest BCUT2D eigenvalue weighted by Crippen LogP contribution is 2.31.